The van der Waals surface area contributed by atoms with Crippen molar-refractivity contribution in [3.8, 4) is 11.5 Å². The monoisotopic (exact) mass is 512 g/mol. The van der Waals surface area contributed by atoms with E-state index >= 15 is 0 Å². The number of carbonyl (C=O) groups is 1. The van der Waals surface area contributed by atoms with Crippen LogP contribution in [0.1, 0.15) is 59.4 Å². The molecule has 196 valence electrons. The molecule has 1 N–H and O–H groups in total. The summed E-state index contributed by atoms with van der Waals surface area (Å²) in [6, 6.07) is 18.4. The summed E-state index contributed by atoms with van der Waals surface area (Å²) < 4.78 is 16.7. The fourth-order valence-corrected chi connectivity index (χ4v) is 4.29. The van der Waals surface area contributed by atoms with E-state index in [9.17, 15) is 4.79 Å². The molecule has 0 atom stereocenters. The molecule has 3 heterocycles. The number of benzene rings is 2. The minimum atomic E-state index is -0.281. The zero-order chi connectivity index (χ0) is 26.5. The fraction of sp³-hybridized carbons (Fsp3) is 0.300. The molecule has 8 heteroatoms. The SMILES string of the molecule is CC(C)(C)c1ccc(CN(Cc2ccc3c(c2)OCO3)Cc2nc(C(=O)NCc3ccncc3)co2)cc1. The maximum Gasteiger partial charge on any atom is 0.273 e. The van der Waals surface area contributed by atoms with Crippen molar-refractivity contribution in [3.63, 3.8) is 0 Å². The summed E-state index contributed by atoms with van der Waals surface area (Å²) in [5, 5.41) is 2.87. The zero-order valence-electron chi connectivity index (χ0n) is 21.9. The Kier molecular flexibility index (Phi) is 7.42. The van der Waals surface area contributed by atoms with Crippen molar-refractivity contribution in [2.45, 2.75) is 52.4 Å². The van der Waals surface area contributed by atoms with Crippen LogP contribution < -0.4 is 14.8 Å². The number of nitrogens with zero attached hydrogens (tertiary/aromatic N) is 3. The number of rotatable bonds is 9. The van der Waals surface area contributed by atoms with E-state index in [1.54, 1.807) is 12.4 Å². The number of aromatic nitrogens is 2. The molecular formula is C30H32N4O4. The second-order valence-electron chi connectivity index (χ2n) is 10.4. The van der Waals surface area contributed by atoms with Crippen molar-refractivity contribution in [3.05, 3.63) is 107 Å². The van der Waals surface area contributed by atoms with Crippen molar-refractivity contribution in [2.75, 3.05) is 6.79 Å². The first kappa shape index (κ1) is 25.5. The fourth-order valence-electron chi connectivity index (χ4n) is 4.29. The highest BCUT2D eigenvalue weighted by Gasteiger charge is 2.19. The van der Waals surface area contributed by atoms with Crippen LogP contribution in [0.4, 0.5) is 0 Å². The van der Waals surface area contributed by atoms with Crippen molar-refractivity contribution in [2.24, 2.45) is 0 Å². The van der Waals surface area contributed by atoms with Crippen LogP contribution in [0.3, 0.4) is 0 Å². The van der Waals surface area contributed by atoms with Gasteiger partial charge in [-0.15, -0.1) is 0 Å². The van der Waals surface area contributed by atoms with Gasteiger partial charge in [-0.1, -0.05) is 51.1 Å². The van der Waals surface area contributed by atoms with Gasteiger partial charge in [0.15, 0.2) is 17.2 Å². The highest BCUT2D eigenvalue weighted by molar-refractivity contribution is 5.91. The molecule has 0 saturated heterocycles. The third-order valence-corrected chi connectivity index (χ3v) is 6.41. The molecule has 0 spiro atoms. The average Bonchev–Trinajstić information content (AvgIpc) is 3.57. The number of fused-ring (bicyclic) bond motifs is 1. The molecule has 38 heavy (non-hydrogen) atoms. The zero-order valence-corrected chi connectivity index (χ0v) is 21.9. The molecule has 0 aliphatic carbocycles. The van der Waals surface area contributed by atoms with E-state index in [0.717, 1.165) is 22.6 Å². The molecule has 2 aromatic carbocycles. The summed E-state index contributed by atoms with van der Waals surface area (Å²) in [5.41, 5.74) is 4.87. The van der Waals surface area contributed by atoms with Crippen LogP contribution in [-0.2, 0) is 31.6 Å². The summed E-state index contributed by atoms with van der Waals surface area (Å²) in [6.45, 7) is 9.03. The van der Waals surface area contributed by atoms with Crippen LogP contribution in [0.2, 0.25) is 0 Å². The number of carbonyl (C=O) groups excluding carboxylic acids is 1. The molecule has 0 bridgehead atoms. The Morgan fingerprint density at radius 2 is 1.61 bits per heavy atom. The summed E-state index contributed by atoms with van der Waals surface area (Å²) in [4.78, 5) is 23.3. The van der Waals surface area contributed by atoms with Crippen molar-refractivity contribution in [1.29, 1.82) is 0 Å². The molecule has 4 aromatic rings. The van der Waals surface area contributed by atoms with E-state index in [1.165, 1.54) is 17.4 Å². The summed E-state index contributed by atoms with van der Waals surface area (Å²) >= 11 is 0. The van der Waals surface area contributed by atoms with Gasteiger partial charge >= 0.3 is 0 Å². The Morgan fingerprint density at radius 1 is 0.895 bits per heavy atom. The van der Waals surface area contributed by atoms with Crippen LogP contribution >= 0.6 is 0 Å². The van der Waals surface area contributed by atoms with Gasteiger partial charge in [0, 0.05) is 32.0 Å². The van der Waals surface area contributed by atoms with E-state index in [2.05, 4.69) is 65.2 Å². The minimum absolute atomic E-state index is 0.0944. The van der Waals surface area contributed by atoms with Crippen LogP contribution in [0.15, 0.2) is 77.7 Å². The lowest BCUT2D eigenvalue weighted by atomic mass is 9.87. The van der Waals surface area contributed by atoms with Gasteiger partial charge in [-0.3, -0.25) is 14.7 Å². The molecule has 0 saturated carbocycles. The third-order valence-electron chi connectivity index (χ3n) is 6.41. The first-order valence-corrected chi connectivity index (χ1v) is 12.7. The van der Waals surface area contributed by atoms with Gasteiger partial charge in [0.2, 0.25) is 12.7 Å². The Labute approximate surface area is 222 Å². The summed E-state index contributed by atoms with van der Waals surface area (Å²) in [6.07, 6.45) is 4.80. The minimum Gasteiger partial charge on any atom is -0.454 e. The number of pyridine rings is 1. The van der Waals surface area contributed by atoms with Gasteiger partial charge in [0.05, 0.1) is 6.54 Å². The maximum atomic E-state index is 12.6. The van der Waals surface area contributed by atoms with Crippen LogP contribution in [0.5, 0.6) is 11.5 Å². The molecule has 5 rings (SSSR count). The first-order valence-electron chi connectivity index (χ1n) is 12.7. The maximum absolute atomic E-state index is 12.6. The van der Waals surface area contributed by atoms with Gasteiger partial charge in [0.25, 0.3) is 5.91 Å². The number of ether oxygens (including phenoxy) is 2. The van der Waals surface area contributed by atoms with Gasteiger partial charge in [-0.05, 0) is 51.9 Å². The van der Waals surface area contributed by atoms with Crippen molar-refractivity contribution in [1.82, 2.24) is 20.2 Å². The van der Waals surface area contributed by atoms with E-state index in [-0.39, 0.29) is 23.8 Å². The standard InChI is InChI=1S/C30H32N4O4/c1-30(2,3)24-7-4-22(5-8-24)16-34(17-23-6-9-26-27(14-23)38-20-37-26)18-28-33-25(19-36-28)29(35)32-15-21-10-12-31-13-11-21/h4-14,19H,15-18,20H2,1-3H3,(H,32,35). The molecule has 1 aliphatic heterocycles. The van der Waals surface area contributed by atoms with E-state index < -0.39 is 0 Å². The molecule has 8 nitrogen and oxygen atoms in total. The Balaban J connectivity index is 1.29. The lowest BCUT2D eigenvalue weighted by Crippen LogP contribution is -2.24. The van der Waals surface area contributed by atoms with Crippen LogP contribution in [0.25, 0.3) is 0 Å². The van der Waals surface area contributed by atoms with Gasteiger partial charge < -0.3 is 19.2 Å². The van der Waals surface area contributed by atoms with Crippen molar-refractivity contribution < 1.29 is 18.7 Å². The van der Waals surface area contributed by atoms with Crippen LogP contribution in [0, 0.1) is 0 Å². The van der Waals surface area contributed by atoms with Crippen molar-refractivity contribution >= 4 is 5.91 Å². The lowest BCUT2D eigenvalue weighted by Gasteiger charge is -2.23. The number of amides is 1. The third kappa shape index (κ3) is 6.39. The number of hydrogen-bond donors (Lipinski definition) is 1. The summed E-state index contributed by atoms with van der Waals surface area (Å²) in [7, 11) is 0. The average molecular weight is 513 g/mol. The van der Waals surface area contributed by atoms with E-state index in [4.69, 9.17) is 13.9 Å². The lowest BCUT2D eigenvalue weighted by molar-refractivity contribution is 0.0945. The second-order valence-corrected chi connectivity index (χ2v) is 10.4. The first-order chi connectivity index (χ1) is 18.3. The number of oxazole rings is 1. The highest BCUT2D eigenvalue weighted by Crippen LogP contribution is 2.33. The summed E-state index contributed by atoms with van der Waals surface area (Å²) in [5.74, 6) is 1.71. The molecule has 1 amide bonds. The molecule has 0 unspecified atom stereocenters. The van der Waals surface area contributed by atoms with E-state index in [0.29, 0.717) is 32.1 Å². The molecular weight excluding hydrogens is 480 g/mol. The molecule has 2 aromatic heterocycles. The van der Waals surface area contributed by atoms with Gasteiger partial charge in [-0.25, -0.2) is 4.98 Å². The quantitative estimate of drug-likeness (QED) is 0.329. The van der Waals surface area contributed by atoms with Gasteiger partial charge in [0.1, 0.15) is 6.26 Å². The largest absolute Gasteiger partial charge is 0.454 e. The normalized spacial score (nSPS) is 12.6. The predicted octanol–water partition coefficient (Wildman–Crippen LogP) is 5.23. The predicted molar refractivity (Wildman–Crippen MR) is 143 cm³/mol. The topological polar surface area (TPSA) is 89.7 Å². The molecule has 1 aliphatic rings. The van der Waals surface area contributed by atoms with Crippen LogP contribution in [-0.4, -0.2) is 27.6 Å². The Bertz CT molecular complexity index is 1380. The Morgan fingerprint density at radius 3 is 2.37 bits per heavy atom. The highest BCUT2D eigenvalue weighted by atomic mass is 16.7. The van der Waals surface area contributed by atoms with E-state index in [1.807, 2.05) is 30.3 Å². The van der Waals surface area contributed by atoms with Gasteiger partial charge in [-0.2, -0.15) is 0 Å². The molecule has 0 fully saturated rings. The smallest absolute Gasteiger partial charge is 0.273 e. The second kappa shape index (κ2) is 11.1. The Hall–Kier alpha value is -4.17. The molecule has 0 radical (unpaired) electrons. The number of nitrogens with one attached hydrogen (secondary N) is 1. The number of hydrogen-bond acceptors (Lipinski definition) is 7.